The Balaban J connectivity index is 1.98. The van der Waals surface area contributed by atoms with Crippen molar-refractivity contribution in [2.45, 2.75) is 38.8 Å². The standard InChI is InChI=1S/C16H22N4O/c1-12(2)20(11-15-4-3-9-18-15)16(21)19-14-7-5-13(10-17)6-8-14/h5-8,12,15,18H,3-4,9,11H2,1-2H3,(H,19,21). The molecule has 1 aromatic carbocycles. The van der Waals surface area contributed by atoms with Crippen LogP contribution in [0.2, 0.25) is 0 Å². The minimum atomic E-state index is -0.0941. The number of nitrogens with zero attached hydrogens (tertiary/aromatic N) is 2. The van der Waals surface area contributed by atoms with E-state index in [4.69, 9.17) is 5.26 Å². The molecule has 1 unspecified atom stereocenters. The summed E-state index contributed by atoms with van der Waals surface area (Å²) in [6.45, 7) is 5.80. The number of anilines is 1. The van der Waals surface area contributed by atoms with Crippen LogP contribution in [0, 0.1) is 11.3 Å². The van der Waals surface area contributed by atoms with Gasteiger partial charge in [-0.3, -0.25) is 0 Å². The van der Waals surface area contributed by atoms with Crippen molar-refractivity contribution in [2.24, 2.45) is 0 Å². The van der Waals surface area contributed by atoms with Gasteiger partial charge in [-0.25, -0.2) is 4.79 Å². The largest absolute Gasteiger partial charge is 0.322 e. The third-order valence-electron chi connectivity index (χ3n) is 3.73. The predicted molar refractivity (Wildman–Crippen MR) is 83.0 cm³/mol. The molecule has 21 heavy (non-hydrogen) atoms. The number of benzene rings is 1. The third-order valence-corrected chi connectivity index (χ3v) is 3.73. The van der Waals surface area contributed by atoms with Crippen LogP contribution in [0.4, 0.5) is 10.5 Å². The number of rotatable bonds is 4. The monoisotopic (exact) mass is 286 g/mol. The molecule has 0 aliphatic carbocycles. The van der Waals surface area contributed by atoms with Gasteiger partial charge in [-0.15, -0.1) is 0 Å². The molecule has 2 amide bonds. The summed E-state index contributed by atoms with van der Waals surface area (Å²) < 4.78 is 0. The lowest BCUT2D eigenvalue weighted by Crippen LogP contribution is -2.46. The van der Waals surface area contributed by atoms with E-state index < -0.39 is 0 Å². The topological polar surface area (TPSA) is 68.2 Å². The average molecular weight is 286 g/mol. The van der Waals surface area contributed by atoms with Crippen LogP contribution in [0.3, 0.4) is 0 Å². The van der Waals surface area contributed by atoms with E-state index >= 15 is 0 Å². The summed E-state index contributed by atoms with van der Waals surface area (Å²) in [4.78, 5) is 14.3. The van der Waals surface area contributed by atoms with Crippen molar-refractivity contribution in [1.29, 1.82) is 5.26 Å². The summed E-state index contributed by atoms with van der Waals surface area (Å²) >= 11 is 0. The van der Waals surface area contributed by atoms with E-state index in [-0.39, 0.29) is 12.1 Å². The molecule has 0 saturated carbocycles. The van der Waals surface area contributed by atoms with Crippen LogP contribution in [0.25, 0.3) is 0 Å². The summed E-state index contributed by atoms with van der Waals surface area (Å²) in [5.74, 6) is 0. The number of hydrogen-bond donors (Lipinski definition) is 2. The first-order chi connectivity index (χ1) is 10.1. The lowest BCUT2D eigenvalue weighted by atomic mass is 10.2. The van der Waals surface area contributed by atoms with Gasteiger partial charge in [-0.05, 0) is 57.5 Å². The second-order valence-electron chi connectivity index (χ2n) is 5.66. The average Bonchev–Trinajstić information content (AvgIpc) is 2.98. The number of hydrogen-bond acceptors (Lipinski definition) is 3. The molecule has 1 aliphatic rings. The van der Waals surface area contributed by atoms with Crippen molar-refractivity contribution in [1.82, 2.24) is 10.2 Å². The fraction of sp³-hybridized carbons (Fsp3) is 0.500. The maximum Gasteiger partial charge on any atom is 0.322 e. The van der Waals surface area contributed by atoms with Crippen molar-refractivity contribution < 1.29 is 4.79 Å². The Morgan fingerprint density at radius 3 is 2.71 bits per heavy atom. The number of carbonyl (C=O) groups is 1. The summed E-state index contributed by atoms with van der Waals surface area (Å²) in [5, 5.41) is 15.1. The van der Waals surface area contributed by atoms with Crippen molar-refractivity contribution in [3.8, 4) is 6.07 Å². The molecule has 1 saturated heterocycles. The first-order valence-electron chi connectivity index (χ1n) is 7.41. The molecular weight excluding hydrogens is 264 g/mol. The first kappa shape index (κ1) is 15.3. The van der Waals surface area contributed by atoms with Gasteiger partial charge < -0.3 is 15.5 Å². The van der Waals surface area contributed by atoms with Crippen LogP contribution in [-0.4, -0.2) is 36.1 Å². The molecule has 0 aromatic heterocycles. The molecule has 2 rings (SSSR count). The van der Waals surface area contributed by atoms with Crippen LogP contribution in [0.15, 0.2) is 24.3 Å². The fourth-order valence-corrected chi connectivity index (χ4v) is 2.50. The molecule has 0 radical (unpaired) electrons. The smallest absolute Gasteiger partial charge is 0.321 e. The Kier molecular flexibility index (Phi) is 5.18. The van der Waals surface area contributed by atoms with E-state index in [0.29, 0.717) is 17.3 Å². The summed E-state index contributed by atoms with van der Waals surface area (Å²) in [7, 11) is 0. The van der Waals surface area contributed by atoms with Gasteiger partial charge in [-0.1, -0.05) is 0 Å². The van der Waals surface area contributed by atoms with Crippen molar-refractivity contribution in [2.75, 3.05) is 18.4 Å². The van der Waals surface area contributed by atoms with E-state index in [1.807, 2.05) is 18.7 Å². The Bertz CT molecular complexity index is 512. The Morgan fingerprint density at radius 2 is 2.19 bits per heavy atom. The number of urea groups is 1. The Morgan fingerprint density at radius 1 is 1.48 bits per heavy atom. The van der Waals surface area contributed by atoms with E-state index in [0.717, 1.165) is 19.5 Å². The second-order valence-corrected chi connectivity index (χ2v) is 5.66. The Labute approximate surface area is 125 Å². The molecule has 5 heteroatoms. The van der Waals surface area contributed by atoms with Gasteiger partial charge in [-0.2, -0.15) is 5.26 Å². The molecule has 1 heterocycles. The number of nitriles is 1. The van der Waals surface area contributed by atoms with Gasteiger partial charge in [0.15, 0.2) is 0 Å². The zero-order valence-corrected chi connectivity index (χ0v) is 12.6. The maximum absolute atomic E-state index is 12.4. The predicted octanol–water partition coefficient (Wildman–Crippen LogP) is 2.55. The van der Waals surface area contributed by atoms with Gasteiger partial charge in [0.1, 0.15) is 0 Å². The molecule has 0 bridgehead atoms. The zero-order chi connectivity index (χ0) is 15.2. The maximum atomic E-state index is 12.4. The van der Waals surface area contributed by atoms with Crippen LogP contribution in [0.1, 0.15) is 32.3 Å². The Hall–Kier alpha value is -2.06. The molecule has 1 atom stereocenters. The molecular formula is C16H22N4O. The van der Waals surface area contributed by atoms with Crippen LogP contribution < -0.4 is 10.6 Å². The van der Waals surface area contributed by atoms with E-state index in [9.17, 15) is 4.79 Å². The number of nitrogens with one attached hydrogen (secondary N) is 2. The number of amides is 2. The summed E-state index contributed by atoms with van der Waals surface area (Å²) in [6.07, 6.45) is 2.29. The molecule has 1 aliphatic heterocycles. The lowest BCUT2D eigenvalue weighted by molar-refractivity contribution is 0.190. The third kappa shape index (κ3) is 4.20. The molecule has 1 aromatic rings. The van der Waals surface area contributed by atoms with Crippen molar-refractivity contribution in [3.05, 3.63) is 29.8 Å². The minimum Gasteiger partial charge on any atom is -0.321 e. The van der Waals surface area contributed by atoms with Crippen molar-refractivity contribution in [3.63, 3.8) is 0 Å². The zero-order valence-electron chi connectivity index (χ0n) is 12.6. The number of carbonyl (C=O) groups excluding carboxylic acids is 1. The quantitative estimate of drug-likeness (QED) is 0.893. The highest BCUT2D eigenvalue weighted by Gasteiger charge is 2.23. The highest BCUT2D eigenvalue weighted by molar-refractivity contribution is 5.89. The molecule has 1 fully saturated rings. The fourth-order valence-electron chi connectivity index (χ4n) is 2.50. The SMILES string of the molecule is CC(C)N(CC1CCCN1)C(=O)Nc1ccc(C#N)cc1. The van der Waals surface area contributed by atoms with E-state index in [1.54, 1.807) is 24.3 Å². The second kappa shape index (κ2) is 7.09. The molecule has 5 nitrogen and oxygen atoms in total. The lowest BCUT2D eigenvalue weighted by Gasteiger charge is -2.29. The first-order valence-corrected chi connectivity index (χ1v) is 7.41. The normalized spacial score (nSPS) is 17.5. The molecule has 2 N–H and O–H groups in total. The highest BCUT2D eigenvalue weighted by Crippen LogP contribution is 2.13. The van der Waals surface area contributed by atoms with Gasteiger partial charge >= 0.3 is 6.03 Å². The van der Waals surface area contributed by atoms with E-state index in [2.05, 4.69) is 16.7 Å². The minimum absolute atomic E-state index is 0.0941. The van der Waals surface area contributed by atoms with Crippen LogP contribution >= 0.6 is 0 Å². The van der Waals surface area contributed by atoms with Crippen LogP contribution in [0.5, 0.6) is 0 Å². The van der Waals surface area contributed by atoms with E-state index in [1.165, 1.54) is 6.42 Å². The summed E-state index contributed by atoms with van der Waals surface area (Å²) in [6, 6.07) is 9.41. The highest BCUT2D eigenvalue weighted by atomic mass is 16.2. The van der Waals surface area contributed by atoms with Crippen molar-refractivity contribution >= 4 is 11.7 Å². The molecule has 0 spiro atoms. The van der Waals surface area contributed by atoms with Gasteiger partial charge in [0, 0.05) is 24.3 Å². The van der Waals surface area contributed by atoms with Gasteiger partial charge in [0.2, 0.25) is 0 Å². The van der Waals surface area contributed by atoms with Gasteiger partial charge in [0.05, 0.1) is 11.6 Å². The molecule has 112 valence electrons. The summed E-state index contributed by atoms with van der Waals surface area (Å²) in [5.41, 5.74) is 1.30. The van der Waals surface area contributed by atoms with Crippen LogP contribution in [-0.2, 0) is 0 Å². The van der Waals surface area contributed by atoms with Gasteiger partial charge in [0.25, 0.3) is 0 Å².